The van der Waals surface area contributed by atoms with E-state index in [9.17, 15) is 0 Å². The molecular formula is C68H71BN2O2. The minimum Gasteiger partial charge on any atom is -0.490 e. The summed E-state index contributed by atoms with van der Waals surface area (Å²) in [7, 11) is 0. The van der Waals surface area contributed by atoms with Crippen LogP contribution in [0, 0.1) is 6.92 Å². The Labute approximate surface area is 436 Å². The van der Waals surface area contributed by atoms with Gasteiger partial charge in [-0.25, -0.2) is 0 Å². The van der Waals surface area contributed by atoms with Crippen LogP contribution in [0.2, 0.25) is 0 Å². The predicted molar refractivity (Wildman–Crippen MR) is 312 cm³/mol. The van der Waals surface area contributed by atoms with E-state index >= 15 is 0 Å². The molecule has 0 aromatic heterocycles. The van der Waals surface area contributed by atoms with E-state index in [-0.39, 0.29) is 28.4 Å². The highest BCUT2D eigenvalue weighted by atomic mass is 16.5. The summed E-state index contributed by atoms with van der Waals surface area (Å²) < 4.78 is 12.6. The number of hydrogen-bond donors (Lipinski definition) is 0. The minimum absolute atomic E-state index is 0.0411. The van der Waals surface area contributed by atoms with Gasteiger partial charge >= 0.3 is 0 Å². The number of ether oxygens (including phenoxy) is 2. The van der Waals surface area contributed by atoms with Gasteiger partial charge in [-0.05, 0) is 161 Å². The molecule has 0 fully saturated rings. The van der Waals surface area contributed by atoms with Crippen LogP contribution in [0.5, 0.6) is 11.5 Å². The molecule has 5 heteroatoms. The lowest BCUT2D eigenvalue weighted by molar-refractivity contribution is 0.297. The average molecular weight is 959 g/mol. The number of anilines is 6. The van der Waals surface area contributed by atoms with Crippen LogP contribution in [0.25, 0.3) is 33.4 Å². The number of fused-ring (bicyclic) bond motifs is 5. The molecule has 0 N–H and O–H groups in total. The van der Waals surface area contributed by atoms with Crippen molar-refractivity contribution >= 4 is 57.2 Å². The molecule has 8 aromatic carbocycles. The number of rotatable bonds is 5. The van der Waals surface area contributed by atoms with E-state index in [2.05, 4.69) is 258 Å². The quantitative estimate of drug-likeness (QED) is 0.161. The van der Waals surface area contributed by atoms with Gasteiger partial charge in [0.25, 0.3) is 6.71 Å². The van der Waals surface area contributed by atoms with E-state index in [1.54, 1.807) is 0 Å². The molecule has 0 unspecified atom stereocenters. The maximum Gasteiger partial charge on any atom is 0.252 e. The van der Waals surface area contributed by atoms with Gasteiger partial charge in [-0.15, -0.1) is 0 Å². The Kier molecular flexibility index (Phi) is 11.7. The Balaban J connectivity index is 1.20. The zero-order chi connectivity index (χ0) is 51.4. The van der Waals surface area contributed by atoms with Crippen LogP contribution in [0.4, 0.5) is 34.1 Å². The molecule has 0 atom stereocenters. The Morgan fingerprint density at radius 3 is 1.34 bits per heavy atom. The summed E-state index contributed by atoms with van der Waals surface area (Å²) in [6.45, 7) is 31.1. The van der Waals surface area contributed by atoms with E-state index < -0.39 is 0 Å². The van der Waals surface area contributed by atoms with Gasteiger partial charge in [-0.3, -0.25) is 0 Å². The number of aryl methyl sites for hydroxylation is 1. The molecule has 0 bridgehead atoms. The Morgan fingerprint density at radius 2 is 0.822 bits per heavy atom. The molecule has 4 nitrogen and oxygen atoms in total. The zero-order valence-corrected chi connectivity index (χ0v) is 45.4. The molecule has 368 valence electrons. The van der Waals surface area contributed by atoms with Crippen LogP contribution in [0.1, 0.15) is 117 Å². The molecule has 73 heavy (non-hydrogen) atoms. The monoisotopic (exact) mass is 959 g/mol. The van der Waals surface area contributed by atoms with Crippen LogP contribution in [0.15, 0.2) is 158 Å². The van der Waals surface area contributed by atoms with E-state index in [1.807, 2.05) is 0 Å². The number of nitrogens with zero attached hydrogens (tertiary/aromatic N) is 2. The average Bonchev–Trinajstić information content (AvgIpc) is 3.60. The van der Waals surface area contributed by atoms with Crippen LogP contribution in [0.3, 0.4) is 0 Å². The standard InChI is InChI=1S/C68H71BN2O2/c1-43-35-60-64-61(36-43)71(55-38-48(45-17-24-51(25-18-45)66(5,6)7)37-49(39-55)46-19-26-52(27-20-46)67(8,9)10)59-40-47(44-15-22-50(23-16-44)65(2,3)4)21-30-56(59)69(64)57-41-53(68(11,12)13)28-31-58(57)70(60)54-29-32-62-63(42-54)73-34-14-33-72-62/h15-32,35-42H,14,33-34H2,1-13H3. The van der Waals surface area contributed by atoms with Gasteiger partial charge in [0.1, 0.15) is 0 Å². The first-order valence-electron chi connectivity index (χ1n) is 26.5. The molecule has 3 aliphatic rings. The second-order valence-electron chi connectivity index (χ2n) is 25.0. The molecule has 0 aliphatic carbocycles. The minimum atomic E-state index is -0.0644. The molecule has 0 saturated carbocycles. The number of benzene rings is 8. The predicted octanol–water partition coefficient (Wildman–Crippen LogP) is 16.4. The molecule has 3 aliphatic heterocycles. The lowest BCUT2D eigenvalue weighted by Gasteiger charge is -2.45. The fraction of sp³-hybridized carbons (Fsp3) is 0.294. The van der Waals surface area contributed by atoms with Crippen LogP contribution >= 0.6 is 0 Å². The summed E-state index contributed by atoms with van der Waals surface area (Å²) in [5.74, 6) is 1.59. The summed E-state index contributed by atoms with van der Waals surface area (Å²) in [6, 6.07) is 60.8. The van der Waals surface area contributed by atoms with E-state index in [0.717, 1.165) is 29.3 Å². The first kappa shape index (κ1) is 48.3. The van der Waals surface area contributed by atoms with Gasteiger partial charge in [0.15, 0.2) is 11.5 Å². The smallest absolute Gasteiger partial charge is 0.252 e. The van der Waals surface area contributed by atoms with Crippen LogP contribution in [-0.2, 0) is 21.7 Å². The maximum atomic E-state index is 6.39. The second kappa shape index (κ2) is 17.6. The first-order chi connectivity index (χ1) is 34.6. The third-order valence-electron chi connectivity index (χ3n) is 15.5. The highest BCUT2D eigenvalue weighted by Gasteiger charge is 2.44. The SMILES string of the molecule is Cc1cc2c3c(c1)N(c1cc(-c4ccc(C(C)(C)C)cc4)cc(-c4ccc(C(C)(C)C)cc4)c1)c1cc(-c4ccc(C(C)(C)C)cc4)ccc1B3c1cc(C(C)(C)C)ccc1N2c1ccc2c(c1)OCCCO2. The summed E-state index contributed by atoms with van der Waals surface area (Å²) >= 11 is 0. The maximum absolute atomic E-state index is 6.39. The van der Waals surface area contributed by atoms with Crippen molar-refractivity contribution in [3.63, 3.8) is 0 Å². The van der Waals surface area contributed by atoms with Gasteiger partial charge in [0, 0.05) is 40.9 Å². The Hall–Kier alpha value is -6.98. The van der Waals surface area contributed by atoms with Gasteiger partial charge in [0.05, 0.1) is 18.9 Å². The van der Waals surface area contributed by atoms with Gasteiger partial charge in [-0.1, -0.05) is 180 Å². The van der Waals surface area contributed by atoms with Crippen molar-refractivity contribution in [3.8, 4) is 44.9 Å². The van der Waals surface area contributed by atoms with E-state index in [4.69, 9.17) is 9.47 Å². The summed E-state index contributed by atoms with van der Waals surface area (Å²) in [4.78, 5) is 5.08. The van der Waals surface area contributed by atoms with E-state index in [1.165, 1.54) is 100 Å². The summed E-state index contributed by atoms with van der Waals surface area (Å²) in [5, 5.41) is 0. The molecule has 0 saturated heterocycles. The van der Waals surface area contributed by atoms with Crippen LogP contribution < -0.4 is 35.7 Å². The molecule has 0 amide bonds. The third-order valence-corrected chi connectivity index (χ3v) is 15.5. The van der Waals surface area contributed by atoms with Crippen LogP contribution in [-0.4, -0.2) is 19.9 Å². The highest BCUT2D eigenvalue weighted by Crippen LogP contribution is 2.49. The largest absolute Gasteiger partial charge is 0.490 e. The normalized spacial score (nSPS) is 14.3. The Bertz CT molecular complexity index is 3340. The first-order valence-corrected chi connectivity index (χ1v) is 26.5. The third kappa shape index (κ3) is 8.93. The topological polar surface area (TPSA) is 24.9 Å². The molecular weight excluding hydrogens is 888 g/mol. The highest BCUT2D eigenvalue weighted by molar-refractivity contribution is 7.00. The fourth-order valence-corrected chi connectivity index (χ4v) is 11.2. The molecule has 3 heterocycles. The molecule has 11 rings (SSSR count). The van der Waals surface area contributed by atoms with Gasteiger partial charge < -0.3 is 19.3 Å². The molecule has 0 spiro atoms. The van der Waals surface area contributed by atoms with Crippen molar-refractivity contribution in [1.29, 1.82) is 0 Å². The molecule has 0 radical (unpaired) electrons. The lowest BCUT2D eigenvalue weighted by atomic mass is 9.33. The zero-order valence-electron chi connectivity index (χ0n) is 45.4. The van der Waals surface area contributed by atoms with Gasteiger partial charge in [-0.2, -0.15) is 0 Å². The summed E-state index contributed by atoms with van der Waals surface area (Å²) in [6.07, 6.45) is 0.853. The molecule has 8 aromatic rings. The van der Waals surface area contributed by atoms with Crippen molar-refractivity contribution in [2.75, 3.05) is 23.0 Å². The Morgan fingerprint density at radius 1 is 0.356 bits per heavy atom. The van der Waals surface area contributed by atoms with Crippen molar-refractivity contribution < 1.29 is 9.47 Å². The number of hydrogen-bond acceptors (Lipinski definition) is 4. The van der Waals surface area contributed by atoms with E-state index in [0.29, 0.717) is 13.2 Å². The lowest BCUT2D eigenvalue weighted by Crippen LogP contribution is -2.61. The fourth-order valence-electron chi connectivity index (χ4n) is 11.2. The van der Waals surface area contributed by atoms with Crippen molar-refractivity contribution in [3.05, 3.63) is 186 Å². The van der Waals surface area contributed by atoms with Crippen molar-refractivity contribution in [2.45, 2.75) is 118 Å². The summed E-state index contributed by atoms with van der Waals surface area (Å²) in [5.41, 5.74) is 24.5. The van der Waals surface area contributed by atoms with Crippen molar-refractivity contribution in [1.82, 2.24) is 0 Å². The second-order valence-corrected chi connectivity index (χ2v) is 25.0. The van der Waals surface area contributed by atoms with Crippen molar-refractivity contribution in [2.24, 2.45) is 0 Å². The van der Waals surface area contributed by atoms with Gasteiger partial charge in [0.2, 0.25) is 0 Å².